The average molecular weight is 316 g/mol. The lowest BCUT2D eigenvalue weighted by Gasteiger charge is -2.21. The maximum atomic E-state index is 11.5. The number of carbonyl (C=O) groups is 1. The van der Waals surface area contributed by atoms with Gasteiger partial charge in [0.25, 0.3) is 0 Å². The molecule has 0 aliphatic rings. The maximum absolute atomic E-state index is 11.5. The van der Waals surface area contributed by atoms with Crippen molar-refractivity contribution < 1.29 is 19.6 Å². The van der Waals surface area contributed by atoms with Gasteiger partial charge in [-0.2, -0.15) is 4.89 Å². The summed E-state index contributed by atoms with van der Waals surface area (Å²) in [6.45, 7) is 12.7. The zero-order valence-corrected chi connectivity index (χ0v) is 15.5. The molecule has 0 aliphatic carbocycles. The van der Waals surface area contributed by atoms with Crippen molar-refractivity contribution in [1.29, 1.82) is 0 Å². The second kappa shape index (κ2) is 11.0. The Hall–Kier alpha value is -0.610. The summed E-state index contributed by atoms with van der Waals surface area (Å²) in [6.07, 6.45) is 8.85. The van der Waals surface area contributed by atoms with Crippen LogP contribution < -0.4 is 0 Å². The molecule has 0 heterocycles. The summed E-state index contributed by atoms with van der Waals surface area (Å²) in [5.74, 6) is -0.361. The minimum absolute atomic E-state index is 0.361. The van der Waals surface area contributed by atoms with Gasteiger partial charge in [0.1, 0.15) is 5.60 Å². The molecule has 0 spiro atoms. The van der Waals surface area contributed by atoms with Crippen LogP contribution in [0.1, 0.15) is 99.3 Å². The van der Waals surface area contributed by atoms with E-state index in [1.165, 1.54) is 19.3 Å². The summed E-state index contributed by atoms with van der Waals surface area (Å²) in [5, 5.41) is 4.65. The first kappa shape index (κ1) is 21.4. The summed E-state index contributed by atoms with van der Waals surface area (Å²) in [7, 11) is 0. The standard InChI is InChI=1S/C18H36O4/c1-7-8-11-15-18(5,6)21-22-20-16(19)13-10-9-12-14-17(2,3)4/h7-15H2,1-6H3. The molecule has 0 rings (SSSR count). The largest absolute Gasteiger partial charge is 0.345 e. The number of hydrogen-bond donors (Lipinski definition) is 0. The third-order valence-corrected chi connectivity index (χ3v) is 3.58. The first-order valence-electron chi connectivity index (χ1n) is 8.71. The van der Waals surface area contributed by atoms with Crippen LogP contribution in [0.2, 0.25) is 0 Å². The highest BCUT2D eigenvalue weighted by atomic mass is 17.5. The molecule has 132 valence electrons. The fraction of sp³-hybridized carbons (Fsp3) is 0.944. The molecule has 0 radical (unpaired) electrons. The molecule has 0 fully saturated rings. The van der Waals surface area contributed by atoms with Crippen LogP contribution >= 0.6 is 0 Å². The summed E-state index contributed by atoms with van der Waals surface area (Å²) >= 11 is 0. The molecule has 0 aromatic heterocycles. The number of rotatable bonds is 12. The SMILES string of the molecule is CCCCCC(C)(C)OOOC(=O)CCCCCC(C)(C)C. The van der Waals surface area contributed by atoms with Crippen molar-refractivity contribution in [2.45, 2.75) is 105 Å². The molecule has 0 N–H and O–H groups in total. The molecule has 0 aromatic carbocycles. The Balaban J connectivity index is 3.60. The first-order chi connectivity index (χ1) is 10.2. The van der Waals surface area contributed by atoms with Crippen LogP contribution in [0.25, 0.3) is 0 Å². The van der Waals surface area contributed by atoms with Crippen molar-refractivity contribution in [2.24, 2.45) is 5.41 Å². The zero-order valence-electron chi connectivity index (χ0n) is 15.5. The van der Waals surface area contributed by atoms with Crippen molar-refractivity contribution in [2.75, 3.05) is 0 Å². The third-order valence-electron chi connectivity index (χ3n) is 3.58. The lowest BCUT2D eigenvalue weighted by molar-refractivity contribution is -0.517. The Bertz CT molecular complexity index is 292. The highest BCUT2D eigenvalue weighted by Gasteiger charge is 2.21. The Morgan fingerprint density at radius 1 is 0.864 bits per heavy atom. The third kappa shape index (κ3) is 14.3. The van der Waals surface area contributed by atoms with E-state index in [1.807, 2.05) is 13.8 Å². The number of hydrogen-bond acceptors (Lipinski definition) is 4. The molecule has 0 aliphatic heterocycles. The predicted molar refractivity (Wildman–Crippen MR) is 89.0 cm³/mol. The maximum Gasteiger partial charge on any atom is 0.345 e. The van der Waals surface area contributed by atoms with Crippen LogP contribution in [-0.4, -0.2) is 11.6 Å². The second-order valence-corrected chi connectivity index (χ2v) is 7.94. The van der Waals surface area contributed by atoms with E-state index in [4.69, 9.17) is 4.89 Å². The van der Waals surface area contributed by atoms with E-state index < -0.39 is 5.60 Å². The fourth-order valence-electron chi connectivity index (χ4n) is 2.13. The minimum atomic E-state index is -0.428. The van der Waals surface area contributed by atoms with Crippen LogP contribution in [0.5, 0.6) is 0 Å². The van der Waals surface area contributed by atoms with Gasteiger partial charge in [-0.3, -0.25) is 4.89 Å². The van der Waals surface area contributed by atoms with E-state index in [9.17, 15) is 4.79 Å². The van der Waals surface area contributed by atoms with Gasteiger partial charge < -0.3 is 0 Å². The van der Waals surface area contributed by atoms with Gasteiger partial charge in [-0.05, 0) is 43.6 Å². The molecular weight excluding hydrogens is 280 g/mol. The highest BCUT2D eigenvalue weighted by Crippen LogP contribution is 2.22. The van der Waals surface area contributed by atoms with Gasteiger partial charge in [0.15, 0.2) is 0 Å². The molecule has 0 saturated heterocycles. The predicted octanol–water partition coefficient (Wildman–Crippen LogP) is 5.75. The normalized spacial score (nSPS) is 12.5. The van der Waals surface area contributed by atoms with E-state index in [2.05, 4.69) is 37.6 Å². The number of carbonyl (C=O) groups excluding carboxylic acids is 1. The van der Waals surface area contributed by atoms with Gasteiger partial charge in [-0.1, -0.05) is 59.8 Å². The van der Waals surface area contributed by atoms with Gasteiger partial charge in [-0.25, -0.2) is 4.79 Å². The molecule has 0 saturated carbocycles. The van der Waals surface area contributed by atoms with Crippen LogP contribution in [0.3, 0.4) is 0 Å². The van der Waals surface area contributed by atoms with Gasteiger partial charge in [0.2, 0.25) is 0 Å². The Morgan fingerprint density at radius 2 is 1.50 bits per heavy atom. The monoisotopic (exact) mass is 316 g/mol. The van der Waals surface area contributed by atoms with Crippen LogP contribution in [0.4, 0.5) is 0 Å². The lowest BCUT2D eigenvalue weighted by atomic mass is 9.89. The molecule has 22 heavy (non-hydrogen) atoms. The molecular formula is C18H36O4. The Labute approximate surface area is 136 Å². The molecule has 4 heteroatoms. The van der Waals surface area contributed by atoms with Crippen molar-refractivity contribution in [3.63, 3.8) is 0 Å². The smallest absolute Gasteiger partial charge is 0.269 e. The van der Waals surface area contributed by atoms with Crippen LogP contribution in [-0.2, 0) is 19.6 Å². The van der Waals surface area contributed by atoms with E-state index in [1.54, 1.807) is 0 Å². The van der Waals surface area contributed by atoms with Gasteiger partial charge in [-0.15, -0.1) is 0 Å². The zero-order chi connectivity index (χ0) is 17.1. The van der Waals surface area contributed by atoms with E-state index in [0.717, 1.165) is 32.1 Å². The van der Waals surface area contributed by atoms with E-state index in [0.29, 0.717) is 11.8 Å². The topological polar surface area (TPSA) is 44.8 Å². The molecule has 0 amide bonds. The average Bonchev–Trinajstić information content (AvgIpc) is 2.37. The Kier molecular flexibility index (Phi) is 10.7. The molecule has 0 aromatic rings. The summed E-state index contributed by atoms with van der Waals surface area (Å²) < 4.78 is 0. The van der Waals surface area contributed by atoms with Crippen molar-refractivity contribution in [3.05, 3.63) is 0 Å². The second-order valence-electron chi connectivity index (χ2n) is 7.94. The molecule has 4 nitrogen and oxygen atoms in total. The first-order valence-corrected chi connectivity index (χ1v) is 8.71. The number of unbranched alkanes of at least 4 members (excludes halogenated alkanes) is 4. The van der Waals surface area contributed by atoms with Gasteiger partial charge >= 0.3 is 5.97 Å². The van der Waals surface area contributed by atoms with Gasteiger partial charge in [0.05, 0.1) is 0 Å². The van der Waals surface area contributed by atoms with Gasteiger partial charge in [0, 0.05) is 6.42 Å². The molecule has 0 unspecified atom stereocenters. The van der Waals surface area contributed by atoms with E-state index in [-0.39, 0.29) is 5.97 Å². The summed E-state index contributed by atoms with van der Waals surface area (Å²) in [5.41, 5.74) is -0.0665. The van der Waals surface area contributed by atoms with Crippen molar-refractivity contribution in [1.82, 2.24) is 0 Å². The van der Waals surface area contributed by atoms with Crippen molar-refractivity contribution >= 4 is 5.97 Å². The summed E-state index contributed by atoms with van der Waals surface area (Å²) in [6, 6.07) is 0. The van der Waals surface area contributed by atoms with Crippen molar-refractivity contribution in [3.8, 4) is 0 Å². The minimum Gasteiger partial charge on any atom is -0.269 e. The molecule has 0 atom stereocenters. The lowest BCUT2D eigenvalue weighted by Crippen LogP contribution is -2.25. The summed E-state index contributed by atoms with van der Waals surface area (Å²) in [4.78, 5) is 21.4. The Morgan fingerprint density at radius 3 is 2.09 bits per heavy atom. The fourth-order valence-corrected chi connectivity index (χ4v) is 2.13. The van der Waals surface area contributed by atoms with E-state index >= 15 is 0 Å². The van der Waals surface area contributed by atoms with Crippen LogP contribution in [0.15, 0.2) is 0 Å². The highest BCUT2D eigenvalue weighted by molar-refractivity contribution is 5.68. The van der Waals surface area contributed by atoms with Crippen LogP contribution in [0, 0.1) is 5.41 Å². The quantitative estimate of drug-likeness (QED) is 0.261. The molecule has 0 bridgehead atoms.